The summed E-state index contributed by atoms with van der Waals surface area (Å²) in [6, 6.07) is 1.54. The van der Waals surface area contributed by atoms with Crippen LogP contribution in [0.2, 0.25) is 5.15 Å². The molecule has 16 heavy (non-hydrogen) atoms. The van der Waals surface area contributed by atoms with E-state index in [9.17, 15) is 4.79 Å². The zero-order valence-electron chi connectivity index (χ0n) is 8.79. The molecule has 0 aliphatic carbocycles. The van der Waals surface area contributed by atoms with E-state index in [4.69, 9.17) is 11.6 Å². The Kier molecular flexibility index (Phi) is 2.99. The van der Waals surface area contributed by atoms with E-state index < -0.39 is 0 Å². The lowest BCUT2D eigenvalue weighted by Gasteiger charge is -2.08. The molecule has 0 aliphatic rings. The summed E-state index contributed by atoms with van der Waals surface area (Å²) in [7, 11) is 0. The van der Waals surface area contributed by atoms with Gasteiger partial charge in [0, 0.05) is 6.54 Å². The summed E-state index contributed by atoms with van der Waals surface area (Å²) in [5, 5.41) is 0.768. The van der Waals surface area contributed by atoms with Gasteiger partial charge < -0.3 is 0 Å². The highest BCUT2D eigenvalue weighted by atomic mass is 79.9. The quantitative estimate of drug-likeness (QED) is 0.761. The second-order valence-corrected chi connectivity index (χ2v) is 4.48. The van der Waals surface area contributed by atoms with Gasteiger partial charge in [-0.15, -0.1) is 0 Å². The minimum absolute atomic E-state index is 0.0880. The van der Waals surface area contributed by atoms with Crippen molar-refractivity contribution in [2.75, 3.05) is 0 Å². The Labute approximate surface area is 105 Å². The third kappa shape index (κ3) is 1.74. The molecular weight excluding hydrogens is 293 g/mol. The number of rotatable bonds is 1. The van der Waals surface area contributed by atoms with Gasteiger partial charge in [-0.2, -0.15) is 0 Å². The first-order chi connectivity index (χ1) is 7.54. The molecule has 0 atom stereocenters. The maximum atomic E-state index is 12.1. The normalized spacial score (nSPS) is 11.0. The van der Waals surface area contributed by atoms with Crippen molar-refractivity contribution in [3.63, 3.8) is 0 Å². The van der Waals surface area contributed by atoms with Crippen LogP contribution in [0.1, 0.15) is 12.7 Å². The Morgan fingerprint density at radius 3 is 2.81 bits per heavy atom. The van der Waals surface area contributed by atoms with Gasteiger partial charge in [-0.1, -0.05) is 11.6 Å². The molecule has 2 rings (SSSR count). The number of hydrogen-bond acceptors (Lipinski definition) is 3. The minimum atomic E-state index is -0.0880. The number of nitrogens with zero attached hydrogens (tertiary/aromatic N) is 3. The van der Waals surface area contributed by atoms with E-state index in [1.165, 1.54) is 0 Å². The monoisotopic (exact) mass is 301 g/mol. The topological polar surface area (TPSA) is 47.8 Å². The van der Waals surface area contributed by atoms with Crippen molar-refractivity contribution >= 4 is 38.4 Å². The van der Waals surface area contributed by atoms with E-state index in [2.05, 4.69) is 25.9 Å². The molecule has 6 heteroatoms. The van der Waals surface area contributed by atoms with Crippen molar-refractivity contribution in [1.29, 1.82) is 0 Å². The Bertz CT molecular complexity index is 623. The minimum Gasteiger partial charge on any atom is -0.297 e. The van der Waals surface area contributed by atoms with Crippen LogP contribution < -0.4 is 5.56 Å². The third-order valence-corrected chi connectivity index (χ3v) is 3.12. The highest BCUT2D eigenvalue weighted by Gasteiger charge is 2.11. The van der Waals surface area contributed by atoms with Crippen molar-refractivity contribution < 1.29 is 0 Å². The van der Waals surface area contributed by atoms with E-state index >= 15 is 0 Å². The van der Waals surface area contributed by atoms with Gasteiger partial charge in [0.2, 0.25) is 0 Å². The standard InChI is InChI=1S/C10H9BrClN3O/c1-3-15-5(2)13-8-6(10(15)16)4-7(12)14-9(8)11/h4H,3H2,1-2H3. The van der Waals surface area contributed by atoms with Gasteiger partial charge in [-0.05, 0) is 35.8 Å². The van der Waals surface area contributed by atoms with E-state index in [-0.39, 0.29) is 10.7 Å². The average Bonchev–Trinajstić information content (AvgIpc) is 2.21. The molecule has 0 saturated heterocycles. The van der Waals surface area contributed by atoms with Crippen LogP contribution in [0.4, 0.5) is 0 Å². The number of aryl methyl sites for hydroxylation is 1. The molecule has 0 aromatic carbocycles. The molecule has 0 N–H and O–H groups in total. The number of aromatic nitrogens is 3. The fourth-order valence-corrected chi connectivity index (χ4v) is 2.42. The first kappa shape index (κ1) is 11.5. The van der Waals surface area contributed by atoms with Crippen LogP contribution in [0.3, 0.4) is 0 Å². The number of pyridine rings is 1. The third-order valence-electron chi connectivity index (χ3n) is 2.37. The molecule has 84 valence electrons. The molecule has 0 amide bonds. The van der Waals surface area contributed by atoms with Crippen molar-refractivity contribution in [1.82, 2.24) is 14.5 Å². The predicted molar refractivity (Wildman–Crippen MR) is 66.9 cm³/mol. The van der Waals surface area contributed by atoms with Crippen molar-refractivity contribution in [2.24, 2.45) is 0 Å². The maximum absolute atomic E-state index is 12.1. The molecule has 0 radical (unpaired) electrons. The smallest absolute Gasteiger partial charge is 0.261 e. The second-order valence-electron chi connectivity index (χ2n) is 3.34. The van der Waals surface area contributed by atoms with Crippen molar-refractivity contribution in [2.45, 2.75) is 20.4 Å². The van der Waals surface area contributed by atoms with Crippen LogP contribution in [-0.4, -0.2) is 14.5 Å². The van der Waals surface area contributed by atoms with Crippen LogP contribution >= 0.6 is 27.5 Å². The highest BCUT2D eigenvalue weighted by molar-refractivity contribution is 9.10. The predicted octanol–water partition coefficient (Wildman–Crippen LogP) is 2.54. The summed E-state index contributed by atoms with van der Waals surface area (Å²) < 4.78 is 2.10. The van der Waals surface area contributed by atoms with E-state index in [1.807, 2.05) is 6.92 Å². The lowest BCUT2D eigenvalue weighted by atomic mass is 10.3. The fraction of sp³-hybridized carbons (Fsp3) is 0.300. The van der Waals surface area contributed by atoms with Crippen LogP contribution in [-0.2, 0) is 6.54 Å². The molecule has 0 spiro atoms. The van der Waals surface area contributed by atoms with Crippen LogP contribution in [0.15, 0.2) is 15.5 Å². The Morgan fingerprint density at radius 1 is 1.50 bits per heavy atom. The zero-order valence-corrected chi connectivity index (χ0v) is 11.1. The number of fused-ring (bicyclic) bond motifs is 1. The van der Waals surface area contributed by atoms with Gasteiger partial charge >= 0.3 is 0 Å². The zero-order chi connectivity index (χ0) is 11.9. The molecular formula is C10H9BrClN3O. The number of halogens is 2. The summed E-state index contributed by atoms with van der Waals surface area (Å²) >= 11 is 9.07. The van der Waals surface area contributed by atoms with Crippen molar-refractivity contribution in [3.05, 3.63) is 32.0 Å². The molecule has 0 unspecified atom stereocenters. The van der Waals surface area contributed by atoms with Gasteiger partial charge in [0.25, 0.3) is 5.56 Å². The molecule has 2 aromatic heterocycles. The summed E-state index contributed by atoms with van der Waals surface area (Å²) in [5.74, 6) is 0.671. The molecule has 0 bridgehead atoms. The summed E-state index contributed by atoms with van der Waals surface area (Å²) in [5.41, 5.74) is 0.464. The number of hydrogen-bond donors (Lipinski definition) is 0. The van der Waals surface area contributed by atoms with Gasteiger partial charge in [-0.3, -0.25) is 9.36 Å². The van der Waals surface area contributed by atoms with Crippen LogP contribution in [0.25, 0.3) is 10.9 Å². The fourth-order valence-electron chi connectivity index (χ4n) is 1.63. The molecule has 0 aliphatic heterocycles. The van der Waals surface area contributed by atoms with Gasteiger partial charge in [0.1, 0.15) is 21.1 Å². The molecule has 2 aromatic rings. The first-order valence-electron chi connectivity index (χ1n) is 4.77. The van der Waals surface area contributed by atoms with Gasteiger partial charge in [-0.25, -0.2) is 9.97 Å². The van der Waals surface area contributed by atoms with E-state index in [0.717, 1.165) is 0 Å². The molecule has 0 fully saturated rings. The van der Waals surface area contributed by atoms with E-state index in [0.29, 0.717) is 27.9 Å². The summed E-state index contributed by atoms with van der Waals surface area (Å²) in [4.78, 5) is 20.5. The molecule has 0 saturated carbocycles. The maximum Gasteiger partial charge on any atom is 0.261 e. The van der Waals surface area contributed by atoms with E-state index in [1.54, 1.807) is 17.6 Å². The van der Waals surface area contributed by atoms with Crippen molar-refractivity contribution in [3.8, 4) is 0 Å². The lowest BCUT2D eigenvalue weighted by Crippen LogP contribution is -2.23. The Hall–Kier alpha value is -0.940. The first-order valence-corrected chi connectivity index (χ1v) is 5.95. The molecule has 2 heterocycles. The lowest BCUT2D eigenvalue weighted by molar-refractivity contribution is 0.685. The SMILES string of the molecule is CCn1c(C)nc2c(Br)nc(Cl)cc2c1=O. The second kappa shape index (κ2) is 4.14. The largest absolute Gasteiger partial charge is 0.297 e. The van der Waals surface area contributed by atoms with Gasteiger partial charge in [0.15, 0.2) is 0 Å². The van der Waals surface area contributed by atoms with Crippen LogP contribution in [0.5, 0.6) is 0 Å². The average molecular weight is 303 g/mol. The summed E-state index contributed by atoms with van der Waals surface area (Å²) in [6.45, 7) is 4.29. The van der Waals surface area contributed by atoms with Gasteiger partial charge in [0.05, 0.1) is 5.39 Å². The summed E-state index contributed by atoms with van der Waals surface area (Å²) in [6.07, 6.45) is 0. The van der Waals surface area contributed by atoms with Crippen LogP contribution in [0, 0.1) is 6.92 Å². The highest BCUT2D eigenvalue weighted by Crippen LogP contribution is 2.21. The Morgan fingerprint density at radius 2 is 2.19 bits per heavy atom. The Balaban J connectivity index is 2.99. The molecule has 4 nitrogen and oxygen atoms in total.